The number of anilines is 1. The fraction of sp³-hybridized carbons (Fsp3) is 0.273. The first-order valence-electron chi connectivity index (χ1n) is 4.55. The molecular formula is C11H13N3. The third-order valence-corrected chi connectivity index (χ3v) is 1.76. The van der Waals surface area contributed by atoms with Gasteiger partial charge in [-0.1, -0.05) is 12.1 Å². The Morgan fingerprint density at radius 2 is 2.21 bits per heavy atom. The van der Waals surface area contributed by atoms with Crippen molar-refractivity contribution in [2.45, 2.75) is 13.8 Å². The average molecular weight is 187 g/mol. The van der Waals surface area contributed by atoms with Crippen LogP contribution in [0.1, 0.15) is 19.4 Å². The van der Waals surface area contributed by atoms with E-state index in [0.29, 0.717) is 5.56 Å². The molecule has 0 spiro atoms. The van der Waals surface area contributed by atoms with Crippen molar-refractivity contribution in [2.24, 2.45) is 4.99 Å². The lowest BCUT2D eigenvalue weighted by molar-refractivity contribution is 1.12. The van der Waals surface area contributed by atoms with Gasteiger partial charge in [-0.2, -0.15) is 5.26 Å². The highest BCUT2D eigenvalue weighted by atomic mass is 15.0. The molecular weight excluding hydrogens is 174 g/mol. The van der Waals surface area contributed by atoms with Gasteiger partial charge in [0.1, 0.15) is 6.07 Å². The number of benzene rings is 1. The molecule has 0 aliphatic carbocycles. The topological polar surface area (TPSA) is 48.2 Å². The van der Waals surface area contributed by atoms with Gasteiger partial charge in [-0.05, 0) is 26.0 Å². The van der Waals surface area contributed by atoms with Crippen LogP contribution in [0.15, 0.2) is 29.3 Å². The molecule has 0 saturated heterocycles. The van der Waals surface area contributed by atoms with Crippen LogP contribution < -0.4 is 5.32 Å². The van der Waals surface area contributed by atoms with Crippen LogP contribution in [-0.4, -0.2) is 12.4 Å². The molecule has 0 saturated carbocycles. The maximum absolute atomic E-state index is 8.83. The molecule has 0 aromatic heterocycles. The molecule has 3 heteroatoms. The number of amidine groups is 1. The molecule has 1 rings (SSSR count). The molecule has 0 bridgehead atoms. The molecule has 1 N–H and O–H groups in total. The second-order valence-electron chi connectivity index (χ2n) is 2.84. The predicted octanol–water partition coefficient (Wildman–Crippen LogP) is 2.41. The Balaban J connectivity index is 2.87. The molecule has 0 atom stereocenters. The predicted molar refractivity (Wildman–Crippen MR) is 58.4 cm³/mol. The summed E-state index contributed by atoms with van der Waals surface area (Å²) in [6, 6.07) is 9.51. The highest BCUT2D eigenvalue weighted by Gasteiger charge is 1.99. The Morgan fingerprint density at radius 1 is 1.50 bits per heavy atom. The highest BCUT2D eigenvalue weighted by Crippen LogP contribution is 2.13. The summed E-state index contributed by atoms with van der Waals surface area (Å²) in [6.07, 6.45) is 0. The van der Waals surface area contributed by atoms with E-state index in [1.165, 1.54) is 0 Å². The van der Waals surface area contributed by atoms with Crippen LogP contribution in [0.3, 0.4) is 0 Å². The van der Waals surface area contributed by atoms with E-state index in [9.17, 15) is 0 Å². The minimum absolute atomic E-state index is 0.637. The van der Waals surface area contributed by atoms with E-state index in [1.807, 2.05) is 32.0 Å². The third kappa shape index (κ3) is 2.60. The first-order valence-corrected chi connectivity index (χ1v) is 4.55. The fourth-order valence-corrected chi connectivity index (χ4v) is 1.16. The third-order valence-electron chi connectivity index (χ3n) is 1.76. The highest BCUT2D eigenvalue weighted by molar-refractivity contribution is 5.94. The van der Waals surface area contributed by atoms with E-state index in [2.05, 4.69) is 16.4 Å². The molecule has 72 valence electrons. The number of nitriles is 1. The van der Waals surface area contributed by atoms with E-state index in [1.54, 1.807) is 6.07 Å². The van der Waals surface area contributed by atoms with Crippen molar-refractivity contribution >= 4 is 11.5 Å². The summed E-state index contributed by atoms with van der Waals surface area (Å²) in [6.45, 7) is 4.60. The molecule has 0 aliphatic rings. The van der Waals surface area contributed by atoms with Crippen molar-refractivity contribution in [2.75, 3.05) is 11.9 Å². The average Bonchev–Trinajstić information content (AvgIpc) is 2.19. The monoisotopic (exact) mass is 187 g/mol. The van der Waals surface area contributed by atoms with Crippen LogP contribution in [0.2, 0.25) is 0 Å². The van der Waals surface area contributed by atoms with Crippen LogP contribution in [0, 0.1) is 11.3 Å². The Morgan fingerprint density at radius 3 is 2.86 bits per heavy atom. The molecule has 3 nitrogen and oxygen atoms in total. The van der Waals surface area contributed by atoms with Crippen molar-refractivity contribution in [1.29, 1.82) is 5.26 Å². The van der Waals surface area contributed by atoms with E-state index < -0.39 is 0 Å². The summed E-state index contributed by atoms with van der Waals surface area (Å²) in [7, 11) is 0. The van der Waals surface area contributed by atoms with E-state index in [4.69, 9.17) is 5.26 Å². The summed E-state index contributed by atoms with van der Waals surface area (Å²) in [5.41, 5.74) is 1.45. The summed E-state index contributed by atoms with van der Waals surface area (Å²) >= 11 is 0. The van der Waals surface area contributed by atoms with Gasteiger partial charge < -0.3 is 5.32 Å². The van der Waals surface area contributed by atoms with E-state index >= 15 is 0 Å². The Labute approximate surface area is 84.1 Å². The second-order valence-corrected chi connectivity index (χ2v) is 2.84. The van der Waals surface area contributed by atoms with Gasteiger partial charge in [0, 0.05) is 6.54 Å². The van der Waals surface area contributed by atoms with Crippen LogP contribution in [-0.2, 0) is 0 Å². The summed E-state index contributed by atoms with van der Waals surface area (Å²) < 4.78 is 0. The zero-order valence-electron chi connectivity index (χ0n) is 8.41. The number of nitrogens with zero attached hydrogens (tertiary/aromatic N) is 2. The number of nitrogens with one attached hydrogen (secondary N) is 1. The van der Waals surface area contributed by atoms with Gasteiger partial charge in [0.2, 0.25) is 0 Å². The first kappa shape index (κ1) is 10.3. The van der Waals surface area contributed by atoms with Gasteiger partial charge in [0.25, 0.3) is 0 Å². The number of aliphatic imine (C=N–C) groups is 1. The van der Waals surface area contributed by atoms with Gasteiger partial charge in [0.15, 0.2) is 0 Å². The minimum Gasteiger partial charge on any atom is -0.343 e. The van der Waals surface area contributed by atoms with Crippen LogP contribution >= 0.6 is 0 Å². The van der Waals surface area contributed by atoms with Gasteiger partial charge in [0.05, 0.1) is 17.1 Å². The second kappa shape index (κ2) is 5.03. The Hall–Kier alpha value is -1.82. The van der Waals surface area contributed by atoms with Gasteiger partial charge in [-0.3, -0.25) is 4.99 Å². The minimum atomic E-state index is 0.637. The molecule has 0 amide bonds. The van der Waals surface area contributed by atoms with Crippen molar-refractivity contribution in [1.82, 2.24) is 0 Å². The van der Waals surface area contributed by atoms with Crippen molar-refractivity contribution in [3.05, 3.63) is 29.8 Å². The number of para-hydroxylation sites is 1. The lowest BCUT2D eigenvalue weighted by atomic mass is 10.2. The first-order chi connectivity index (χ1) is 6.77. The Kier molecular flexibility index (Phi) is 3.69. The number of rotatable bonds is 2. The van der Waals surface area contributed by atoms with Gasteiger partial charge in [-0.25, -0.2) is 0 Å². The van der Waals surface area contributed by atoms with Crippen molar-refractivity contribution in [3.63, 3.8) is 0 Å². The Bertz CT molecular complexity index is 374. The van der Waals surface area contributed by atoms with E-state index in [0.717, 1.165) is 18.1 Å². The molecule has 1 aromatic rings. The molecule has 0 heterocycles. The normalized spacial score (nSPS) is 10.8. The fourth-order valence-electron chi connectivity index (χ4n) is 1.16. The molecule has 0 radical (unpaired) electrons. The molecule has 14 heavy (non-hydrogen) atoms. The van der Waals surface area contributed by atoms with Crippen molar-refractivity contribution in [3.8, 4) is 6.07 Å². The lowest BCUT2D eigenvalue weighted by Crippen LogP contribution is -2.08. The van der Waals surface area contributed by atoms with Gasteiger partial charge in [-0.15, -0.1) is 0 Å². The van der Waals surface area contributed by atoms with Gasteiger partial charge >= 0.3 is 0 Å². The summed E-state index contributed by atoms with van der Waals surface area (Å²) in [5.74, 6) is 0.829. The smallest absolute Gasteiger partial charge is 0.101 e. The molecule has 0 aliphatic heterocycles. The number of hydrogen-bond donors (Lipinski definition) is 1. The standard InChI is InChI=1S/C11H13N3/c1-3-13-9(2)14-11-7-5-4-6-10(11)8-12/h4-7H,3H2,1-2H3,(H,13,14). The van der Waals surface area contributed by atoms with Crippen LogP contribution in [0.25, 0.3) is 0 Å². The largest absolute Gasteiger partial charge is 0.343 e. The van der Waals surface area contributed by atoms with Crippen LogP contribution in [0.4, 0.5) is 5.69 Å². The molecule has 1 aromatic carbocycles. The zero-order valence-corrected chi connectivity index (χ0v) is 8.41. The van der Waals surface area contributed by atoms with E-state index in [-0.39, 0.29) is 0 Å². The maximum atomic E-state index is 8.83. The summed E-state index contributed by atoms with van der Waals surface area (Å²) in [4.78, 5) is 4.19. The SMILES string of the molecule is CCN=C(C)Nc1ccccc1C#N. The quantitative estimate of drug-likeness (QED) is 0.571. The molecule has 0 fully saturated rings. The maximum Gasteiger partial charge on any atom is 0.101 e. The number of hydrogen-bond acceptors (Lipinski definition) is 2. The van der Waals surface area contributed by atoms with Crippen molar-refractivity contribution < 1.29 is 0 Å². The molecule has 0 unspecified atom stereocenters. The summed E-state index contributed by atoms with van der Waals surface area (Å²) in [5, 5.41) is 11.9. The lowest BCUT2D eigenvalue weighted by Gasteiger charge is -2.06. The zero-order chi connectivity index (χ0) is 10.4. The van der Waals surface area contributed by atoms with Crippen LogP contribution in [0.5, 0.6) is 0 Å².